The Bertz CT molecular complexity index is 604. The molecule has 0 fully saturated rings. The van der Waals surface area contributed by atoms with Crippen LogP contribution in [0.4, 0.5) is 4.39 Å². The van der Waals surface area contributed by atoms with Gasteiger partial charge in [0.1, 0.15) is 5.82 Å². The average Bonchev–Trinajstić information content (AvgIpc) is 2.76. The van der Waals surface area contributed by atoms with Crippen LogP contribution in [-0.4, -0.2) is 18.8 Å². The lowest BCUT2D eigenvalue weighted by molar-refractivity contribution is -0.0376. The molecule has 0 aliphatic carbocycles. The number of rotatable bonds is 6. The molecule has 21 heavy (non-hydrogen) atoms. The minimum Gasteiger partial charge on any atom is -0.374 e. The summed E-state index contributed by atoms with van der Waals surface area (Å²) in [5, 5.41) is 0.639. The van der Waals surface area contributed by atoms with Crippen molar-refractivity contribution >= 4 is 21.4 Å². The molecule has 2 rings (SSSR count). The highest BCUT2D eigenvalue weighted by Gasteiger charge is 2.15. The maximum absolute atomic E-state index is 14.0. The molecule has 0 bridgehead atoms. The highest BCUT2D eigenvalue weighted by molar-refractivity contribution is 7.19. The van der Waals surface area contributed by atoms with E-state index in [1.165, 1.54) is 17.4 Å². The van der Waals surface area contributed by atoms with Gasteiger partial charge < -0.3 is 15.2 Å². The van der Waals surface area contributed by atoms with Crippen molar-refractivity contribution in [1.82, 2.24) is 0 Å². The van der Waals surface area contributed by atoms with Gasteiger partial charge in [-0.1, -0.05) is 6.07 Å². The van der Waals surface area contributed by atoms with E-state index in [0.29, 0.717) is 31.8 Å². The topological polar surface area (TPSA) is 44.5 Å². The van der Waals surface area contributed by atoms with E-state index < -0.39 is 0 Å². The first-order chi connectivity index (χ1) is 9.92. The maximum Gasteiger partial charge on any atom is 0.132 e. The fourth-order valence-electron chi connectivity index (χ4n) is 2.11. The predicted molar refractivity (Wildman–Crippen MR) is 85.0 cm³/mol. The number of hydrogen-bond donors (Lipinski definition) is 1. The third-order valence-corrected chi connectivity index (χ3v) is 4.26. The van der Waals surface area contributed by atoms with Crippen LogP contribution in [0, 0.1) is 5.82 Å². The molecule has 116 valence electrons. The summed E-state index contributed by atoms with van der Waals surface area (Å²) in [5.74, 6) is -0.215. The second-order valence-corrected chi connectivity index (χ2v) is 6.97. The highest BCUT2D eigenvalue weighted by atomic mass is 32.1. The molecule has 3 nitrogen and oxygen atoms in total. The Labute approximate surface area is 128 Å². The van der Waals surface area contributed by atoms with Gasteiger partial charge in [-0.05, 0) is 32.9 Å². The molecule has 0 amide bonds. The van der Waals surface area contributed by atoms with Crippen LogP contribution in [0.3, 0.4) is 0 Å². The van der Waals surface area contributed by atoms with E-state index in [9.17, 15) is 4.39 Å². The van der Waals surface area contributed by atoms with Crippen LogP contribution < -0.4 is 5.73 Å². The minimum atomic E-state index is -0.215. The fraction of sp³-hybridized carbons (Fsp3) is 0.500. The zero-order valence-electron chi connectivity index (χ0n) is 12.7. The van der Waals surface area contributed by atoms with Crippen molar-refractivity contribution < 1.29 is 13.9 Å². The van der Waals surface area contributed by atoms with Crippen LogP contribution in [0.15, 0.2) is 18.2 Å². The van der Waals surface area contributed by atoms with Crippen LogP contribution in [-0.2, 0) is 22.6 Å². The molecule has 5 heteroatoms. The zero-order valence-corrected chi connectivity index (χ0v) is 13.6. The summed E-state index contributed by atoms with van der Waals surface area (Å²) in [6, 6.07) is 5.10. The number of benzene rings is 1. The summed E-state index contributed by atoms with van der Waals surface area (Å²) < 4.78 is 26.2. The molecule has 0 saturated heterocycles. The number of nitrogens with two attached hydrogens (primary N) is 1. The molecular weight excluding hydrogens is 289 g/mol. The van der Waals surface area contributed by atoms with E-state index in [0.717, 1.165) is 15.1 Å². The Kier molecular flexibility index (Phi) is 5.32. The van der Waals surface area contributed by atoms with Crippen molar-refractivity contribution in [2.75, 3.05) is 13.2 Å². The van der Waals surface area contributed by atoms with Crippen LogP contribution in [0.2, 0.25) is 0 Å². The first-order valence-electron chi connectivity index (χ1n) is 7.03. The molecular formula is C16H22FNO2S. The number of thiophene rings is 1. The number of ether oxygens (including phenoxy) is 2. The predicted octanol–water partition coefficient (Wildman–Crippen LogP) is 3.83. The molecule has 0 saturated carbocycles. The lowest BCUT2D eigenvalue weighted by atomic mass is 10.1. The summed E-state index contributed by atoms with van der Waals surface area (Å²) in [6.07, 6.45) is 0. The van der Waals surface area contributed by atoms with Gasteiger partial charge in [0.2, 0.25) is 0 Å². The van der Waals surface area contributed by atoms with E-state index in [4.69, 9.17) is 15.2 Å². The standard InChI is InChI=1S/C16H22FNO2S/c1-16(2,3)20-8-7-19-10-11-14(9-18)21-13-6-4-5-12(17)15(11)13/h4-6H,7-10,18H2,1-3H3. The van der Waals surface area contributed by atoms with Crippen molar-refractivity contribution in [3.8, 4) is 0 Å². The van der Waals surface area contributed by atoms with Gasteiger partial charge in [0.05, 0.1) is 25.4 Å². The Balaban J connectivity index is 2.04. The monoisotopic (exact) mass is 311 g/mol. The molecule has 1 aromatic carbocycles. The number of hydrogen-bond acceptors (Lipinski definition) is 4. The van der Waals surface area contributed by atoms with Gasteiger partial charge in [-0.2, -0.15) is 0 Å². The van der Waals surface area contributed by atoms with E-state index in [1.54, 1.807) is 6.07 Å². The van der Waals surface area contributed by atoms with Gasteiger partial charge in [-0.25, -0.2) is 4.39 Å². The third kappa shape index (κ3) is 4.23. The molecule has 2 aromatic rings. The molecule has 2 N–H and O–H groups in total. The summed E-state index contributed by atoms with van der Waals surface area (Å²) >= 11 is 1.53. The van der Waals surface area contributed by atoms with E-state index in [-0.39, 0.29) is 11.4 Å². The van der Waals surface area contributed by atoms with Crippen molar-refractivity contribution in [3.63, 3.8) is 0 Å². The number of halogens is 1. The largest absolute Gasteiger partial charge is 0.374 e. The molecule has 0 aliphatic heterocycles. The summed E-state index contributed by atoms with van der Waals surface area (Å²) in [6.45, 7) is 7.76. The summed E-state index contributed by atoms with van der Waals surface area (Å²) in [4.78, 5) is 0.979. The lowest BCUT2D eigenvalue weighted by Crippen LogP contribution is -2.21. The molecule has 1 aromatic heterocycles. The first-order valence-corrected chi connectivity index (χ1v) is 7.84. The molecule has 0 aliphatic rings. The van der Waals surface area contributed by atoms with E-state index in [2.05, 4.69) is 0 Å². The molecule has 0 unspecified atom stereocenters. The number of fused-ring (bicyclic) bond motifs is 1. The quantitative estimate of drug-likeness (QED) is 0.825. The van der Waals surface area contributed by atoms with Crippen LogP contribution in [0.25, 0.3) is 10.1 Å². The first kappa shape index (κ1) is 16.4. The summed E-state index contributed by atoms with van der Waals surface area (Å²) in [7, 11) is 0. The van der Waals surface area contributed by atoms with E-state index in [1.807, 2.05) is 26.8 Å². The van der Waals surface area contributed by atoms with Crippen LogP contribution in [0.1, 0.15) is 31.2 Å². The second-order valence-electron chi connectivity index (χ2n) is 5.83. The normalized spacial score (nSPS) is 12.2. The van der Waals surface area contributed by atoms with Crippen molar-refractivity contribution in [1.29, 1.82) is 0 Å². The SMILES string of the molecule is CC(C)(C)OCCOCc1c(CN)sc2cccc(F)c12. The Morgan fingerprint density at radius 3 is 2.67 bits per heavy atom. The van der Waals surface area contributed by atoms with E-state index >= 15 is 0 Å². The van der Waals surface area contributed by atoms with Crippen LogP contribution in [0.5, 0.6) is 0 Å². The fourth-order valence-corrected chi connectivity index (χ4v) is 3.22. The Morgan fingerprint density at radius 2 is 2.00 bits per heavy atom. The van der Waals surface area contributed by atoms with Crippen LogP contribution >= 0.6 is 11.3 Å². The van der Waals surface area contributed by atoms with Crippen molar-refractivity contribution in [2.24, 2.45) is 5.73 Å². The average molecular weight is 311 g/mol. The minimum absolute atomic E-state index is 0.174. The van der Waals surface area contributed by atoms with Gasteiger partial charge >= 0.3 is 0 Å². The van der Waals surface area contributed by atoms with Gasteiger partial charge in [0.25, 0.3) is 0 Å². The summed E-state index contributed by atoms with van der Waals surface area (Å²) in [5.41, 5.74) is 6.45. The smallest absolute Gasteiger partial charge is 0.132 e. The van der Waals surface area contributed by atoms with Gasteiger partial charge in [-0.15, -0.1) is 11.3 Å². The van der Waals surface area contributed by atoms with Crippen molar-refractivity contribution in [3.05, 3.63) is 34.5 Å². The zero-order chi connectivity index (χ0) is 15.5. The highest BCUT2D eigenvalue weighted by Crippen LogP contribution is 2.33. The molecule has 1 heterocycles. The van der Waals surface area contributed by atoms with Gasteiger partial charge in [0.15, 0.2) is 0 Å². The molecule has 0 spiro atoms. The third-order valence-electron chi connectivity index (χ3n) is 3.04. The Hall–Kier alpha value is -1.01. The Morgan fingerprint density at radius 1 is 1.24 bits per heavy atom. The second kappa shape index (κ2) is 6.83. The molecule has 0 atom stereocenters. The lowest BCUT2D eigenvalue weighted by Gasteiger charge is -2.19. The van der Waals surface area contributed by atoms with Gasteiger partial charge in [0, 0.05) is 27.1 Å². The molecule has 0 radical (unpaired) electrons. The maximum atomic E-state index is 14.0. The van der Waals surface area contributed by atoms with Crippen molar-refractivity contribution in [2.45, 2.75) is 39.5 Å². The van der Waals surface area contributed by atoms with Gasteiger partial charge in [-0.3, -0.25) is 0 Å².